The summed E-state index contributed by atoms with van der Waals surface area (Å²) in [4.78, 5) is 20.4. The van der Waals surface area contributed by atoms with Gasteiger partial charge in [-0.15, -0.1) is 0 Å². The van der Waals surface area contributed by atoms with E-state index in [-0.39, 0.29) is 29.6 Å². The third-order valence-electron chi connectivity index (χ3n) is 4.49. The van der Waals surface area contributed by atoms with Gasteiger partial charge in [0.25, 0.3) is 11.8 Å². The van der Waals surface area contributed by atoms with Crippen LogP contribution < -0.4 is 14.8 Å². The first-order valence-corrected chi connectivity index (χ1v) is 9.11. The first-order chi connectivity index (χ1) is 13.2. The molecular weight excluding hydrogens is 344 g/mol. The molecule has 1 amide bonds. The van der Waals surface area contributed by atoms with Crippen molar-refractivity contribution >= 4 is 5.91 Å². The van der Waals surface area contributed by atoms with Gasteiger partial charge < -0.3 is 14.8 Å². The van der Waals surface area contributed by atoms with Gasteiger partial charge in [0.1, 0.15) is 17.9 Å². The van der Waals surface area contributed by atoms with Crippen molar-refractivity contribution in [3.8, 4) is 17.7 Å². The highest BCUT2D eigenvalue weighted by molar-refractivity contribution is 5.94. The van der Waals surface area contributed by atoms with E-state index in [2.05, 4.69) is 15.3 Å². The lowest BCUT2D eigenvalue weighted by molar-refractivity contribution is 0.0889. The van der Waals surface area contributed by atoms with Gasteiger partial charge in [0.05, 0.1) is 6.61 Å². The maximum Gasteiger partial charge on any atom is 0.251 e. The standard InChI is InChI=1S/C20H22N4O3/c1-2-26-16-7-3-14(4-8-16)19(25)24-15-5-9-17(10-6-15)27-20-18(13-21)22-11-12-23-20/h3-4,7-8,11-12,15,17H,2,5-6,9-10H2,1H3,(H,24,25). The number of hydrogen-bond donors (Lipinski definition) is 1. The summed E-state index contributed by atoms with van der Waals surface area (Å²) in [5, 5.41) is 12.1. The van der Waals surface area contributed by atoms with Crippen molar-refractivity contribution in [1.82, 2.24) is 15.3 Å². The number of amides is 1. The second-order valence-corrected chi connectivity index (χ2v) is 6.34. The van der Waals surface area contributed by atoms with Gasteiger partial charge in [-0.1, -0.05) is 0 Å². The Kier molecular flexibility index (Phi) is 6.21. The van der Waals surface area contributed by atoms with Gasteiger partial charge >= 0.3 is 0 Å². The van der Waals surface area contributed by atoms with Crippen LogP contribution in [0.5, 0.6) is 11.6 Å². The van der Waals surface area contributed by atoms with E-state index in [1.54, 1.807) is 24.3 Å². The van der Waals surface area contributed by atoms with Gasteiger partial charge in [0.15, 0.2) is 0 Å². The Bertz CT molecular complexity index is 809. The van der Waals surface area contributed by atoms with Crippen molar-refractivity contribution in [2.45, 2.75) is 44.8 Å². The summed E-state index contributed by atoms with van der Waals surface area (Å²) < 4.78 is 11.2. The minimum atomic E-state index is -0.0805. The zero-order chi connectivity index (χ0) is 19.1. The van der Waals surface area contributed by atoms with E-state index >= 15 is 0 Å². The third kappa shape index (κ3) is 4.94. The highest BCUT2D eigenvalue weighted by Gasteiger charge is 2.25. The van der Waals surface area contributed by atoms with Gasteiger partial charge in [-0.05, 0) is 56.9 Å². The third-order valence-corrected chi connectivity index (χ3v) is 4.49. The fraction of sp³-hybridized carbons (Fsp3) is 0.400. The number of nitrogens with one attached hydrogen (secondary N) is 1. The molecule has 0 aliphatic heterocycles. The molecule has 27 heavy (non-hydrogen) atoms. The lowest BCUT2D eigenvalue weighted by atomic mass is 9.92. The van der Waals surface area contributed by atoms with Crippen LogP contribution >= 0.6 is 0 Å². The fourth-order valence-corrected chi connectivity index (χ4v) is 3.11. The van der Waals surface area contributed by atoms with Crippen molar-refractivity contribution in [2.75, 3.05) is 6.61 Å². The lowest BCUT2D eigenvalue weighted by Gasteiger charge is -2.29. The SMILES string of the molecule is CCOc1ccc(C(=O)NC2CCC(Oc3nccnc3C#N)CC2)cc1. The minimum Gasteiger partial charge on any atom is -0.494 e. The summed E-state index contributed by atoms with van der Waals surface area (Å²) in [5.41, 5.74) is 0.818. The maximum atomic E-state index is 12.4. The van der Waals surface area contributed by atoms with Gasteiger partial charge in [-0.25, -0.2) is 9.97 Å². The molecule has 1 heterocycles. The topological polar surface area (TPSA) is 97.1 Å². The molecule has 0 atom stereocenters. The van der Waals surface area contributed by atoms with Crippen LogP contribution in [0.4, 0.5) is 0 Å². The fourth-order valence-electron chi connectivity index (χ4n) is 3.11. The molecule has 0 bridgehead atoms. The molecule has 7 nitrogen and oxygen atoms in total. The van der Waals surface area contributed by atoms with Crippen LogP contribution in [-0.4, -0.2) is 34.6 Å². The van der Waals surface area contributed by atoms with Crippen LogP contribution in [0.25, 0.3) is 0 Å². The first-order valence-electron chi connectivity index (χ1n) is 9.11. The monoisotopic (exact) mass is 366 g/mol. The Balaban J connectivity index is 1.49. The molecule has 0 spiro atoms. The second-order valence-electron chi connectivity index (χ2n) is 6.34. The molecule has 2 aromatic rings. The van der Waals surface area contributed by atoms with E-state index in [4.69, 9.17) is 14.7 Å². The summed E-state index contributed by atoms with van der Waals surface area (Å²) in [6, 6.07) is 9.24. The van der Waals surface area contributed by atoms with E-state index < -0.39 is 0 Å². The summed E-state index contributed by atoms with van der Waals surface area (Å²) in [7, 11) is 0. The van der Waals surface area contributed by atoms with Crippen LogP contribution in [0, 0.1) is 11.3 Å². The van der Waals surface area contributed by atoms with Crippen LogP contribution in [-0.2, 0) is 0 Å². The van der Waals surface area contributed by atoms with E-state index in [0.29, 0.717) is 12.2 Å². The van der Waals surface area contributed by atoms with Crippen molar-refractivity contribution in [3.05, 3.63) is 47.9 Å². The molecule has 3 rings (SSSR count). The summed E-state index contributed by atoms with van der Waals surface area (Å²) in [5.74, 6) is 0.956. The van der Waals surface area contributed by atoms with E-state index in [9.17, 15) is 4.79 Å². The van der Waals surface area contributed by atoms with Crippen LogP contribution in [0.3, 0.4) is 0 Å². The number of hydrogen-bond acceptors (Lipinski definition) is 6. The molecule has 1 aromatic heterocycles. The number of carbonyl (C=O) groups is 1. The predicted molar refractivity (Wildman–Crippen MR) is 98.5 cm³/mol. The minimum absolute atomic E-state index is 0.0209. The Morgan fingerprint density at radius 1 is 1.19 bits per heavy atom. The number of ether oxygens (including phenoxy) is 2. The predicted octanol–water partition coefficient (Wildman–Crippen LogP) is 2.87. The Labute approximate surface area is 158 Å². The maximum absolute atomic E-state index is 12.4. The van der Waals surface area contributed by atoms with Crippen LogP contribution in [0.15, 0.2) is 36.7 Å². The summed E-state index contributed by atoms with van der Waals surface area (Å²) >= 11 is 0. The molecule has 0 unspecified atom stereocenters. The average Bonchev–Trinajstić information content (AvgIpc) is 2.70. The molecule has 1 N–H and O–H groups in total. The molecule has 0 saturated heterocycles. The van der Waals surface area contributed by atoms with Crippen LogP contribution in [0.2, 0.25) is 0 Å². The normalized spacial score (nSPS) is 19.0. The molecule has 140 valence electrons. The summed E-state index contributed by atoms with van der Waals surface area (Å²) in [6.07, 6.45) is 6.17. The van der Waals surface area contributed by atoms with Gasteiger partial charge in [0, 0.05) is 24.0 Å². The number of nitrogens with zero attached hydrogens (tertiary/aromatic N) is 3. The molecule has 0 radical (unpaired) electrons. The first kappa shape index (κ1) is 18.6. The van der Waals surface area contributed by atoms with Crippen molar-refractivity contribution in [1.29, 1.82) is 5.26 Å². The highest BCUT2D eigenvalue weighted by atomic mass is 16.5. The Morgan fingerprint density at radius 2 is 1.89 bits per heavy atom. The summed E-state index contributed by atoms with van der Waals surface area (Å²) in [6.45, 7) is 2.52. The van der Waals surface area contributed by atoms with Crippen LogP contribution in [0.1, 0.15) is 48.7 Å². The number of nitriles is 1. The average molecular weight is 366 g/mol. The van der Waals surface area contributed by atoms with E-state index in [1.165, 1.54) is 12.4 Å². The van der Waals surface area contributed by atoms with Gasteiger partial charge in [-0.3, -0.25) is 4.79 Å². The molecule has 1 aromatic carbocycles. The molecule has 1 aliphatic rings. The van der Waals surface area contributed by atoms with Gasteiger partial charge in [0.2, 0.25) is 5.69 Å². The molecule has 7 heteroatoms. The van der Waals surface area contributed by atoms with E-state index in [1.807, 2.05) is 13.0 Å². The molecular formula is C20H22N4O3. The highest BCUT2D eigenvalue weighted by Crippen LogP contribution is 2.24. The van der Waals surface area contributed by atoms with Crippen molar-refractivity contribution in [2.24, 2.45) is 0 Å². The molecule has 1 aliphatic carbocycles. The zero-order valence-corrected chi connectivity index (χ0v) is 15.2. The number of aromatic nitrogens is 2. The largest absolute Gasteiger partial charge is 0.494 e. The number of benzene rings is 1. The zero-order valence-electron chi connectivity index (χ0n) is 15.2. The molecule has 1 saturated carbocycles. The van der Waals surface area contributed by atoms with Gasteiger partial charge in [-0.2, -0.15) is 5.26 Å². The lowest BCUT2D eigenvalue weighted by Crippen LogP contribution is -2.39. The van der Waals surface area contributed by atoms with E-state index in [0.717, 1.165) is 31.4 Å². The smallest absolute Gasteiger partial charge is 0.251 e. The van der Waals surface area contributed by atoms with Crippen molar-refractivity contribution in [3.63, 3.8) is 0 Å². The van der Waals surface area contributed by atoms with Crippen molar-refractivity contribution < 1.29 is 14.3 Å². The molecule has 1 fully saturated rings. The Hall–Kier alpha value is -3.14. The number of rotatable bonds is 6. The second kappa shape index (κ2) is 8.99. The quantitative estimate of drug-likeness (QED) is 0.844. The number of carbonyl (C=O) groups excluding carboxylic acids is 1. The Morgan fingerprint density at radius 3 is 2.56 bits per heavy atom.